The van der Waals surface area contributed by atoms with E-state index >= 15 is 0 Å². The molecule has 0 unspecified atom stereocenters. The summed E-state index contributed by atoms with van der Waals surface area (Å²) in [5, 5.41) is 2.46. The number of sulfone groups is 1. The van der Waals surface area contributed by atoms with E-state index in [9.17, 15) is 13.2 Å². The molecular formula is C18H28N4O3S. The molecule has 2 aliphatic rings. The summed E-state index contributed by atoms with van der Waals surface area (Å²) < 4.78 is 25.2. The van der Waals surface area contributed by atoms with Gasteiger partial charge in [-0.1, -0.05) is 20.8 Å². The van der Waals surface area contributed by atoms with Gasteiger partial charge in [0, 0.05) is 43.9 Å². The Bertz CT molecular complexity index is 748. The van der Waals surface area contributed by atoms with Crippen molar-refractivity contribution in [2.75, 3.05) is 30.3 Å². The van der Waals surface area contributed by atoms with Crippen molar-refractivity contribution in [2.24, 2.45) is 17.8 Å². The van der Waals surface area contributed by atoms with Crippen LogP contribution < -0.4 is 10.2 Å². The zero-order chi connectivity index (χ0) is 18.9. The molecule has 1 N–H and O–H groups in total. The minimum Gasteiger partial charge on any atom is -0.356 e. The van der Waals surface area contributed by atoms with Gasteiger partial charge in [-0.15, -0.1) is 0 Å². The van der Waals surface area contributed by atoms with Crippen molar-refractivity contribution in [3.8, 4) is 0 Å². The molecule has 1 aromatic heterocycles. The molecule has 0 aromatic carbocycles. The third-order valence-corrected chi connectivity index (χ3v) is 7.63. The van der Waals surface area contributed by atoms with Crippen LogP contribution in [0.25, 0.3) is 0 Å². The highest BCUT2D eigenvalue weighted by atomic mass is 32.2. The topological polar surface area (TPSA) is 92.3 Å². The van der Waals surface area contributed by atoms with Gasteiger partial charge in [-0.3, -0.25) is 4.79 Å². The number of nitrogens with zero attached hydrogens (tertiary/aromatic N) is 3. The van der Waals surface area contributed by atoms with Crippen LogP contribution in [-0.4, -0.2) is 54.9 Å². The smallest absolute Gasteiger partial charge is 0.225 e. The van der Waals surface area contributed by atoms with Gasteiger partial charge in [-0.25, -0.2) is 18.4 Å². The maximum atomic E-state index is 12.6. The summed E-state index contributed by atoms with van der Waals surface area (Å²) in [6.07, 6.45) is 4.83. The number of rotatable bonds is 5. The van der Waals surface area contributed by atoms with Crippen LogP contribution in [0.15, 0.2) is 12.4 Å². The van der Waals surface area contributed by atoms with Crippen LogP contribution in [0.5, 0.6) is 0 Å². The summed E-state index contributed by atoms with van der Waals surface area (Å²) in [4.78, 5) is 23.3. The van der Waals surface area contributed by atoms with Crippen molar-refractivity contribution in [3.05, 3.63) is 18.0 Å². The van der Waals surface area contributed by atoms with Crippen LogP contribution in [0.2, 0.25) is 0 Å². The Hall–Kier alpha value is -1.70. The van der Waals surface area contributed by atoms with E-state index in [-0.39, 0.29) is 23.5 Å². The molecule has 3 rings (SSSR count). The molecule has 0 bridgehead atoms. The van der Waals surface area contributed by atoms with Crippen LogP contribution in [0.1, 0.15) is 32.8 Å². The number of amides is 1. The van der Waals surface area contributed by atoms with Gasteiger partial charge < -0.3 is 10.2 Å². The summed E-state index contributed by atoms with van der Waals surface area (Å²) in [6, 6.07) is 0. The summed E-state index contributed by atoms with van der Waals surface area (Å²) in [5.41, 5.74) is 1.05. The molecule has 1 amide bonds. The van der Waals surface area contributed by atoms with Gasteiger partial charge in [0.1, 0.15) is 0 Å². The van der Waals surface area contributed by atoms with Crippen molar-refractivity contribution in [2.45, 2.75) is 38.9 Å². The van der Waals surface area contributed by atoms with Gasteiger partial charge >= 0.3 is 0 Å². The predicted octanol–water partition coefficient (Wildman–Crippen LogP) is 1.05. The first-order chi connectivity index (χ1) is 12.3. The quantitative estimate of drug-likeness (QED) is 0.821. The van der Waals surface area contributed by atoms with Gasteiger partial charge in [0.15, 0.2) is 9.84 Å². The van der Waals surface area contributed by atoms with Crippen molar-refractivity contribution < 1.29 is 13.2 Å². The van der Waals surface area contributed by atoms with Gasteiger partial charge in [-0.05, 0) is 24.3 Å². The molecule has 0 radical (unpaired) electrons. The lowest BCUT2D eigenvalue weighted by Crippen LogP contribution is -2.47. The Morgan fingerprint density at radius 1 is 1.31 bits per heavy atom. The molecule has 0 spiro atoms. The molecule has 7 nitrogen and oxygen atoms in total. The second-order valence-electron chi connectivity index (χ2n) is 7.75. The molecule has 0 saturated carbocycles. The first kappa shape index (κ1) is 19.1. The third kappa shape index (κ3) is 3.84. The zero-order valence-electron chi connectivity index (χ0n) is 15.7. The van der Waals surface area contributed by atoms with Crippen LogP contribution in [0, 0.1) is 17.8 Å². The molecule has 3 atom stereocenters. The molecule has 0 aliphatic carbocycles. The Balaban J connectivity index is 1.78. The van der Waals surface area contributed by atoms with E-state index in [4.69, 9.17) is 0 Å². The maximum absolute atomic E-state index is 12.6. The van der Waals surface area contributed by atoms with Gasteiger partial charge in [0.25, 0.3) is 0 Å². The molecule has 144 valence electrons. The minimum absolute atomic E-state index is 0.0206. The monoisotopic (exact) mass is 380 g/mol. The summed E-state index contributed by atoms with van der Waals surface area (Å²) in [7, 11) is -3.19. The maximum Gasteiger partial charge on any atom is 0.225 e. The van der Waals surface area contributed by atoms with Crippen LogP contribution >= 0.6 is 0 Å². The third-order valence-electron chi connectivity index (χ3n) is 5.40. The molecule has 2 saturated heterocycles. The van der Waals surface area contributed by atoms with Crippen molar-refractivity contribution in [1.82, 2.24) is 15.3 Å². The predicted molar refractivity (Wildman–Crippen MR) is 101 cm³/mol. The number of carbonyl (C=O) groups is 1. The molecule has 3 heterocycles. The molecular weight excluding hydrogens is 352 g/mol. The number of carbonyl (C=O) groups excluding carboxylic acids is 1. The Kier molecular flexibility index (Phi) is 5.50. The number of anilines is 1. The summed E-state index contributed by atoms with van der Waals surface area (Å²) in [6.45, 7) is 7.62. The average Bonchev–Trinajstić information content (AvgIpc) is 3.06. The number of aromatic nitrogens is 2. The first-order valence-corrected chi connectivity index (χ1v) is 11.1. The Morgan fingerprint density at radius 3 is 2.62 bits per heavy atom. The van der Waals surface area contributed by atoms with E-state index in [1.54, 1.807) is 12.4 Å². The lowest BCUT2D eigenvalue weighted by atomic mass is 9.87. The molecule has 8 heteroatoms. The first-order valence-electron chi connectivity index (χ1n) is 9.37. The molecule has 2 aliphatic heterocycles. The fourth-order valence-corrected chi connectivity index (χ4v) is 5.94. The number of aryl methyl sites for hydroxylation is 1. The van der Waals surface area contributed by atoms with E-state index < -0.39 is 15.1 Å². The normalized spacial score (nSPS) is 27.4. The molecule has 1 aromatic rings. The second kappa shape index (κ2) is 7.50. The van der Waals surface area contributed by atoms with E-state index in [1.165, 1.54) is 0 Å². The number of hydrogen-bond acceptors (Lipinski definition) is 6. The number of fused-ring (bicyclic) bond motifs is 1. The summed E-state index contributed by atoms with van der Waals surface area (Å²) in [5.74, 6) is 0.517. The fraction of sp³-hybridized carbons (Fsp3) is 0.722. The lowest BCUT2D eigenvalue weighted by molar-refractivity contribution is -0.126. The molecule has 26 heavy (non-hydrogen) atoms. The van der Waals surface area contributed by atoms with E-state index in [2.05, 4.69) is 15.3 Å². The SMILES string of the molecule is CCc1cnc(N2C[C@H]3[C@H](C(=O)NCC(C)C)CCS(=O)(=O)[C@H]3C2)nc1. The number of nitrogens with one attached hydrogen (secondary N) is 1. The van der Waals surface area contributed by atoms with Crippen LogP contribution in [0.3, 0.4) is 0 Å². The highest BCUT2D eigenvalue weighted by Crippen LogP contribution is 2.38. The van der Waals surface area contributed by atoms with E-state index in [0.29, 0.717) is 37.9 Å². The van der Waals surface area contributed by atoms with Crippen molar-refractivity contribution in [3.63, 3.8) is 0 Å². The molecule has 2 fully saturated rings. The highest BCUT2D eigenvalue weighted by molar-refractivity contribution is 7.92. The summed E-state index contributed by atoms with van der Waals surface area (Å²) >= 11 is 0. The van der Waals surface area contributed by atoms with Gasteiger partial charge in [0.2, 0.25) is 11.9 Å². The van der Waals surface area contributed by atoms with E-state index in [1.807, 2.05) is 25.7 Å². The minimum atomic E-state index is -3.19. The van der Waals surface area contributed by atoms with Crippen LogP contribution in [-0.2, 0) is 21.1 Å². The largest absolute Gasteiger partial charge is 0.356 e. The Morgan fingerprint density at radius 2 is 2.00 bits per heavy atom. The number of hydrogen-bond donors (Lipinski definition) is 1. The standard InChI is InChI=1S/C18H28N4O3S/c1-4-13-8-20-18(21-9-13)22-10-15-14(17(23)19-7-12(2)3)5-6-26(24,25)16(15)11-22/h8-9,12,14-16H,4-7,10-11H2,1-3H3,(H,19,23)/t14-,15+,16+/m1/s1. The van der Waals surface area contributed by atoms with Gasteiger partial charge in [-0.2, -0.15) is 0 Å². The Labute approximate surface area is 155 Å². The highest BCUT2D eigenvalue weighted by Gasteiger charge is 2.50. The lowest BCUT2D eigenvalue weighted by Gasteiger charge is -2.31. The van der Waals surface area contributed by atoms with Gasteiger partial charge in [0.05, 0.1) is 11.0 Å². The zero-order valence-corrected chi connectivity index (χ0v) is 16.5. The van der Waals surface area contributed by atoms with Crippen molar-refractivity contribution >= 4 is 21.7 Å². The van der Waals surface area contributed by atoms with Crippen LogP contribution in [0.4, 0.5) is 5.95 Å². The van der Waals surface area contributed by atoms with Crippen molar-refractivity contribution in [1.29, 1.82) is 0 Å². The second-order valence-corrected chi connectivity index (χ2v) is 10.1. The van der Waals surface area contributed by atoms with E-state index in [0.717, 1.165) is 12.0 Å². The average molecular weight is 381 g/mol. The fourth-order valence-electron chi connectivity index (χ4n) is 3.84.